The first-order valence-electron chi connectivity index (χ1n) is 9.49. The van der Waals surface area contributed by atoms with E-state index in [1.54, 1.807) is 6.92 Å². The molecular formula is C19H22N6O2S. The Balaban J connectivity index is 1.38. The maximum atomic E-state index is 12.3. The summed E-state index contributed by atoms with van der Waals surface area (Å²) in [5, 5.41) is 14.5. The van der Waals surface area contributed by atoms with Crippen molar-refractivity contribution < 1.29 is 9.59 Å². The molecule has 0 unspecified atom stereocenters. The molecule has 2 aromatic heterocycles. The zero-order chi connectivity index (χ0) is 19.5. The van der Waals surface area contributed by atoms with Gasteiger partial charge in [0.1, 0.15) is 5.52 Å². The number of carbonyl (C=O) groups is 2. The van der Waals surface area contributed by atoms with Gasteiger partial charge < -0.3 is 10.3 Å². The Hall–Kier alpha value is -2.68. The van der Waals surface area contributed by atoms with Crippen LogP contribution >= 0.6 is 11.8 Å². The topological polar surface area (TPSA) is 113 Å². The molecule has 9 heteroatoms. The number of nitrogens with zero attached hydrogens (tertiary/aromatic N) is 3. The maximum Gasteiger partial charge on any atom is 0.321 e. The summed E-state index contributed by atoms with van der Waals surface area (Å²) in [6.07, 6.45) is 5.38. The summed E-state index contributed by atoms with van der Waals surface area (Å²) in [5.41, 5.74) is 2.26. The number of hydrogen-bond acceptors (Lipinski definition) is 6. The molecule has 146 valence electrons. The highest BCUT2D eigenvalue weighted by Crippen LogP contribution is 2.25. The number of para-hydroxylation sites is 1. The first-order chi connectivity index (χ1) is 13.6. The maximum absolute atomic E-state index is 12.3. The number of imide groups is 1. The van der Waals surface area contributed by atoms with E-state index in [-0.39, 0.29) is 11.9 Å². The van der Waals surface area contributed by atoms with Crippen LogP contribution in [0.25, 0.3) is 22.1 Å². The normalized spacial score (nSPS) is 16.2. The number of amides is 3. The number of aromatic nitrogens is 4. The van der Waals surface area contributed by atoms with Gasteiger partial charge in [0.15, 0.2) is 5.65 Å². The lowest BCUT2D eigenvalue weighted by Crippen LogP contribution is -2.47. The lowest BCUT2D eigenvalue weighted by molar-refractivity contribution is -0.119. The average Bonchev–Trinajstić information content (AvgIpc) is 3.06. The number of hydrogen-bond donors (Lipinski definition) is 3. The predicted octanol–water partition coefficient (Wildman–Crippen LogP) is 3.15. The highest BCUT2D eigenvalue weighted by atomic mass is 32.2. The molecule has 3 N–H and O–H groups in total. The fourth-order valence-corrected chi connectivity index (χ4v) is 4.16. The molecule has 1 fully saturated rings. The van der Waals surface area contributed by atoms with Gasteiger partial charge in [-0.25, -0.2) is 9.78 Å². The lowest BCUT2D eigenvalue weighted by atomic mass is 9.96. The van der Waals surface area contributed by atoms with E-state index in [9.17, 15) is 9.59 Å². The third kappa shape index (κ3) is 4.09. The number of aromatic amines is 1. The highest BCUT2D eigenvalue weighted by molar-refractivity contribution is 8.00. The molecule has 0 spiro atoms. The minimum atomic E-state index is -0.527. The zero-order valence-electron chi connectivity index (χ0n) is 15.6. The summed E-state index contributed by atoms with van der Waals surface area (Å²) >= 11 is 1.17. The van der Waals surface area contributed by atoms with Gasteiger partial charge in [-0.05, 0) is 25.8 Å². The molecule has 0 saturated heterocycles. The SMILES string of the molecule is C[C@H](Sc1nnc2c(n1)[nH]c1ccccc12)C(=O)NC(=O)NC1CCCCC1. The van der Waals surface area contributed by atoms with Crippen LogP contribution in [0.2, 0.25) is 0 Å². The fraction of sp³-hybridized carbons (Fsp3) is 0.421. The second-order valence-electron chi connectivity index (χ2n) is 7.02. The molecule has 1 saturated carbocycles. The number of carbonyl (C=O) groups excluding carboxylic acids is 2. The Morgan fingerprint density at radius 1 is 1.18 bits per heavy atom. The van der Waals surface area contributed by atoms with Crippen molar-refractivity contribution in [2.24, 2.45) is 0 Å². The van der Waals surface area contributed by atoms with Crippen LogP contribution in [-0.4, -0.2) is 43.4 Å². The third-order valence-electron chi connectivity index (χ3n) is 4.93. The van der Waals surface area contributed by atoms with E-state index in [0.717, 1.165) is 36.6 Å². The summed E-state index contributed by atoms with van der Waals surface area (Å²) in [6, 6.07) is 7.50. The van der Waals surface area contributed by atoms with E-state index in [1.165, 1.54) is 18.2 Å². The minimum Gasteiger partial charge on any atom is -0.338 e. The number of thioether (sulfide) groups is 1. The lowest BCUT2D eigenvalue weighted by Gasteiger charge is -2.22. The fourth-order valence-electron chi connectivity index (χ4n) is 3.45. The molecule has 8 nitrogen and oxygen atoms in total. The van der Waals surface area contributed by atoms with Crippen molar-refractivity contribution in [1.82, 2.24) is 30.8 Å². The first kappa shape index (κ1) is 18.7. The van der Waals surface area contributed by atoms with Crippen LogP contribution in [0.5, 0.6) is 0 Å². The quantitative estimate of drug-likeness (QED) is 0.582. The molecule has 4 rings (SSSR count). The Morgan fingerprint density at radius 3 is 2.79 bits per heavy atom. The molecule has 3 amide bonds. The van der Waals surface area contributed by atoms with Gasteiger partial charge in [0.2, 0.25) is 11.1 Å². The van der Waals surface area contributed by atoms with Crippen molar-refractivity contribution in [3.05, 3.63) is 24.3 Å². The van der Waals surface area contributed by atoms with Crippen LogP contribution in [0.1, 0.15) is 39.0 Å². The van der Waals surface area contributed by atoms with Gasteiger partial charge >= 0.3 is 6.03 Å². The molecule has 1 atom stereocenters. The minimum absolute atomic E-state index is 0.154. The standard InChI is InChI=1S/C19H22N6O2S/c1-11(17(26)23-18(27)20-12-7-3-2-4-8-12)28-19-22-16-15(24-25-19)13-9-5-6-10-14(13)21-16/h5-6,9-12H,2-4,7-8H2,1H3,(H,21,22,25)(H2,20,23,26,27)/t11-/m0/s1. The number of fused-ring (bicyclic) bond motifs is 3. The van der Waals surface area contributed by atoms with Crippen molar-refractivity contribution in [2.45, 2.75) is 55.5 Å². The molecule has 28 heavy (non-hydrogen) atoms. The number of rotatable bonds is 4. The van der Waals surface area contributed by atoms with Gasteiger partial charge in [-0.3, -0.25) is 10.1 Å². The molecule has 3 aromatic rings. The first-order valence-corrected chi connectivity index (χ1v) is 10.4. The molecule has 0 radical (unpaired) electrons. The molecule has 1 aromatic carbocycles. The van der Waals surface area contributed by atoms with E-state index >= 15 is 0 Å². The second-order valence-corrected chi connectivity index (χ2v) is 8.33. The summed E-state index contributed by atoms with van der Waals surface area (Å²) in [6.45, 7) is 1.71. The monoisotopic (exact) mass is 398 g/mol. The van der Waals surface area contributed by atoms with E-state index in [0.29, 0.717) is 16.3 Å². The Bertz CT molecular complexity index is 1010. The van der Waals surface area contributed by atoms with Crippen LogP contribution in [0.15, 0.2) is 29.4 Å². The molecular weight excluding hydrogens is 376 g/mol. The van der Waals surface area contributed by atoms with Crippen LogP contribution in [0.3, 0.4) is 0 Å². The van der Waals surface area contributed by atoms with Crippen molar-refractivity contribution in [3.8, 4) is 0 Å². The van der Waals surface area contributed by atoms with Crippen molar-refractivity contribution in [2.75, 3.05) is 0 Å². The van der Waals surface area contributed by atoms with Gasteiger partial charge in [0, 0.05) is 16.9 Å². The van der Waals surface area contributed by atoms with Gasteiger partial charge in [0.05, 0.1) is 5.25 Å². The zero-order valence-corrected chi connectivity index (χ0v) is 16.4. The van der Waals surface area contributed by atoms with Crippen LogP contribution < -0.4 is 10.6 Å². The molecule has 1 aliphatic rings. The Labute approximate surface area is 166 Å². The van der Waals surface area contributed by atoms with Crippen molar-refractivity contribution in [1.29, 1.82) is 0 Å². The predicted molar refractivity (Wildman–Crippen MR) is 108 cm³/mol. The summed E-state index contributed by atoms with van der Waals surface area (Å²) in [7, 11) is 0. The molecule has 2 heterocycles. The summed E-state index contributed by atoms with van der Waals surface area (Å²) in [4.78, 5) is 32.0. The van der Waals surface area contributed by atoms with Crippen LogP contribution in [0, 0.1) is 0 Å². The second kappa shape index (κ2) is 8.14. The number of H-pyrrole nitrogens is 1. The van der Waals surface area contributed by atoms with E-state index in [4.69, 9.17) is 0 Å². The van der Waals surface area contributed by atoms with Gasteiger partial charge in [-0.1, -0.05) is 49.2 Å². The van der Waals surface area contributed by atoms with E-state index in [1.807, 2.05) is 24.3 Å². The molecule has 0 bridgehead atoms. The van der Waals surface area contributed by atoms with Crippen LogP contribution in [0.4, 0.5) is 4.79 Å². The largest absolute Gasteiger partial charge is 0.338 e. The third-order valence-corrected chi connectivity index (χ3v) is 5.88. The van der Waals surface area contributed by atoms with Gasteiger partial charge in [0.25, 0.3) is 0 Å². The van der Waals surface area contributed by atoms with Crippen molar-refractivity contribution >= 4 is 45.8 Å². The number of urea groups is 1. The van der Waals surface area contributed by atoms with E-state index in [2.05, 4.69) is 30.8 Å². The molecule has 0 aliphatic heterocycles. The van der Waals surface area contributed by atoms with E-state index < -0.39 is 11.3 Å². The smallest absolute Gasteiger partial charge is 0.321 e. The number of nitrogens with one attached hydrogen (secondary N) is 3. The Kier molecular flexibility index (Phi) is 5.43. The van der Waals surface area contributed by atoms with Crippen molar-refractivity contribution in [3.63, 3.8) is 0 Å². The molecule has 1 aliphatic carbocycles. The highest BCUT2D eigenvalue weighted by Gasteiger charge is 2.21. The average molecular weight is 398 g/mol. The van der Waals surface area contributed by atoms with Crippen LogP contribution in [-0.2, 0) is 4.79 Å². The summed E-state index contributed by atoms with van der Waals surface area (Å²) in [5.74, 6) is -0.376. The summed E-state index contributed by atoms with van der Waals surface area (Å²) < 4.78 is 0. The van der Waals surface area contributed by atoms with Gasteiger partial charge in [-0.15, -0.1) is 10.2 Å². The van der Waals surface area contributed by atoms with Gasteiger partial charge in [-0.2, -0.15) is 0 Å². The number of benzene rings is 1. The Morgan fingerprint density at radius 2 is 1.96 bits per heavy atom.